The molecule has 1 amide bonds. The van der Waals surface area contributed by atoms with Crippen molar-refractivity contribution in [3.8, 4) is 0 Å². The van der Waals surface area contributed by atoms with Crippen molar-refractivity contribution in [3.63, 3.8) is 0 Å². The number of amides is 1. The fourth-order valence-electron chi connectivity index (χ4n) is 2.51. The number of carbonyl (C=O) groups excluding carboxylic acids is 2. The van der Waals surface area contributed by atoms with Crippen LogP contribution < -0.4 is 5.32 Å². The van der Waals surface area contributed by atoms with E-state index in [1.807, 2.05) is 13.0 Å². The highest BCUT2D eigenvalue weighted by Crippen LogP contribution is 2.32. The van der Waals surface area contributed by atoms with Crippen LogP contribution in [0.5, 0.6) is 0 Å². The number of halogens is 2. The second-order valence-electron chi connectivity index (χ2n) is 7.26. The van der Waals surface area contributed by atoms with Crippen LogP contribution in [0.15, 0.2) is 20.6 Å². The van der Waals surface area contributed by atoms with E-state index in [0.29, 0.717) is 25.0 Å². The number of hydrogen-bond donors (Lipinski definition) is 1. The zero-order valence-corrected chi connectivity index (χ0v) is 19.1. The van der Waals surface area contributed by atoms with E-state index in [-0.39, 0.29) is 5.78 Å². The zero-order valence-electron chi connectivity index (χ0n) is 14.9. The molecule has 1 unspecified atom stereocenters. The first-order chi connectivity index (χ1) is 11.1. The monoisotopic (exact) mass is 479 g/mol. The Morgan fingerprint density at radius 3 is 2.54 bits per heavy atom. The van der Waals surface area contributed by atoms with Crippen LogP contribution in [0.3, 0.4) is 0 Å². The van der Waals surface area contributed by atoms with Gasteiger partial charge in [-0.1, -0.05) is 39.0 Å². The van der Waals surface area contributed by atoms with Crippen LogP contribution in [0.25, 0.3) is 0 Å². The van der Waals surface area contributed by atoms with Gasteiger partial charge in [0.05, 0.1) is 3.39 Å². The minimum Gasteiger partial charge on any atom is -0.441 e. The fraction of sp³-hybridized carbons (Fsp3) is 0.647. The number of rotatable bonds is 8. The average Bonchev–Trinajstić information content (AvgIpc) is 2.84. The van der Waals surface area contributed by atoms with Crippen LogP contribution in [-0.4, -0.2) is 32.6 Å². The predicted molar refractivity (Wildman–Crippen MR) is 109 cm³/mol. The topological polar surface area (TPSA) is 55.4 Å². The molecule has 0 radical (unpaired) electrons. The number of ether oxygens (including phenoxy) is 1. The molecular weight excluding hydrogens is 454 g/mol. The van der Waals surface area contributed by atoms with Crippen molar-refractivity contribution < 1.29 is 14.3 Å². The highest BCUT2D eigenvalue weighted by Gasteiger charge is 2.29. The Morgan fingerprint density at radius 2 is 2.04 bits per heavy atom. The number of allylic oxidation sites excluding steroid dienone is 2. The lowest BCUT2D eigenvalue weighted by atomic mass is 10.0. The normalized spacial score (nSPS) is 16.0. The highest BCUT2D eigenvalue weighted by atomic mass is 79.9. The molecule has 0 saturated heterocycles. The van der Waals surface area contributed by atoms with E-state index in [0.717, 1.165) is 21.8 Å². The predicted octanol–water partition coefficient (Wildman–Crippen LogP) is 5.51. The molecule has 1 rings (SSSR count). The second-order valence-corrected chi connectivity index (χ2v) is 15.5. The molecule has 7 heteroatoms. The molecule has 1 N–H and O–H groups in total. The Balaban J connectivity index is 2.60. The quantitative estimate of drug-likeness (QED) is 0.368. The number of nitrogens with one attached hydrogen (secondary N) is 1. The van der Waals surface area contributed by atoms with Gasteiger partial charge in [-0.2, -0.15) is 0 Å². The Hall–Kier alpha value is -0.403. The molecule has 0 fully saturated rings. The van der Waals surface area contributed by atoms with Crippen molar-refractivity contribution in [2.24, 2.45) is 0 Å². The minimum atomic E-state index is -1.08. The zero-order chi connectivity index (χ0) is 18.3. The van der Waals surface area contributed by atoms with E-state index in [1.165, 1.54) is 6.04 Å². The summed E-state index contributed by atoms with van der Waals surface area (Å²) >= 11 is 6.67. The standard InChI is InChI=1S/C17H27Br2NO3Si/c1-5-7-15(13-10-12(16(18)19)11-14(13)21)23-17(22)20-8-6-9-24(2,3)4/h10,15H,5-9,11H2,1-4H3,(H,20,22). The Labute approximate surface area is 162 Å². The number of carbonyl (C=O) groups is 2. The molecular formula is C17H27Br2NO3Si. The molecule has 1 aliphatic carbocycles. The van der Waals surface area contributed by atoms with Crippen molar-refractivity contribution in [2.45, 2.75) is 64.4 Å². The van der Waals surface area contributed by atoms with Crippen molar-refractivity contribution in [1.82, 2.24) is 5.32 Å². The fourth-order valence-corrected chi connectivity index (χ4v) is 4.26. The number of hydrogen-bond acceptors (Lipinski definition) is 3. The molecule has 0 heterocycles. The van der Waals surface area contributed by atoms with Crippen LogP contribution in [-0.2, 0) is 9.53 Å². The number of alkyl carbamates (subject to hydrolysis) is 1. The maximum atomic E-state index is 12.2. The summed E-state index contributed by atoms with van der Waals surface area (Å²) in [6.45, 7) is 9.57. The van der Waals surface area contributed by atoms with Gasteiger partial charge >= 0.3 is 6.09 Å². The maximum Gasteiger partial charge on any atom is 0.407 e. The van der Waals surface area contributed by atoms with E-state index in [1.54, 1.807) is 0 Å². The first-order valence-corrected chi connectivity index (χ1v) is 13.7. The van der Waals surface area contributed by atoms with Gasteiger partial charge in [0.2, 0.25) is 0 Å². The van der Waals surface area contributed by atoms with Gasteiger partial charge < -0.3 is 10.1 Å². The molecule has 0 aromatic carbocycles. The van der Waals surface area contributed by atoms with Gasteiger partial charge in [0.15, 0.2) is 5.78 Å². The van der Waals surface area contributed by atoms with Gasteiger partial charge in [-0.15, -0.1) is 0 Å². The molecule has 0 aromatic heterocycles. The van der Waals surface area contributed by atoms with Crippen LogP contribution in [0.2, 0.25) is 25.7 Å². The Bertz CT molecular complexity index is 534. The summed E-state index contributed by atoms with van der Waals surface area (Å²) in [5.74, 6) is 0.0198. The van der Waals surface area contributed by atoms with Crippen LogP contribution in [0, 0.1) is 0 Å². The maximum absolute atomic E-state index is 12.2. The summed E-state index contributed by atoms with van der Waals surface area (Å²) in [7, 11) is -1.08. The summed E-state index contributed by atoms with van der Waals surface area (Å²) in [4.78, 5) is 24.2. The van der Waals surface area contributed by atoms with E-state index in [9.17, 15) is 9.59 Å². The lowest BCUT2D eigenvalue weighted by molar-refractivity contribution is -0.115. The van der Waals surface area contributed by atoms with Gasteiger partial charge in [0.1, 0.15) is 6.10 Å². The summed E-state index contributed by atoms with van der Waals surface area (Å²) in [5.41, 5.74) is 1.47. The number of ketones is 1. The highest BCUT2D eigenvalue weighted by molar-refractivity contribution is 9.28. The van der Waals surface area contributed by atoms with Gasteiger partial charge in [0, 0.05) is 26.6 Å². The molecule has 136 valence electrons. The van der Waals surface area contributed by atoms with Crippen LogP contribution in [0.1, 0.15) is 32.6 Å². The van der Waals surface area contributed by atoms with Crippen molar-refractivity contribution >= 4 is 51.8 Å². The third-order valence-electron chi connectivity index (χ3n) is 3.77. The molecule has 0 aliphatic heterocycles. The van der Waals surface area contributed by atoms with Gasteiger partial charge in [0.25, 0.3) is 0 Å². The number of Topliss-reactive ketones (excluding diaryl/α,β-unsaturated/α-hetero) is 1. The lowest BCUT2D eigenvalue weighted by Gasteiger charge is -2.19. The molecule has 0 bridgehead atoms. The summed E-state index contributed by atoms with van der Waals surface area (Å²) in [6.07, 6.45) is 3.70. The van der Waals surface area contributed by atoms with Crippen molar-refractivity contribution in [2.75, 3.05) is 6.54 Å². The van der Waals surface area contributed by atoms with Gasteiger partial charge in [-0.25, -0.2) is 4.79 Å². The van der Waals surface area contributed by atoms with Gasteiger partial charge in [-0.05, 0) is 56.4 Å². The molecule has 0 spiro atoms. The third kappa shape index (κ3) is 7.65. The van der Waals surface area contributed by atoms with Crippen molar-refractivity contribution in [3.05, 3.63) is 20.6 Å². The molecule has 0 saturated carbocycles. The summed E-state index contributed by atoms with van der Waals surface area (Å²) in [5, 5.41) is 2.81. The van der Waals surface area contributed by atoms with Crippen LogP contribution >= 0.6 is 31.9 Å². The smallest absolute Gasteiger partial charge is 0.407 e. The third-order valence-corrected chi connectivity index (χ3v) is 6.64. The van der Waals surface area contributed by atoms with Crippen LogP contribution in [0.4, 0.5) is 4.79 Å². The van der Waals surface area contributed by atoms with Gasteiger partial charge in [-0.3, -0.25) is 4.79 Å². The van der Waals surface area contributed by atoms with E-state index in [2.05, 4.69) is 56.8 Å². The average molecular weight is 481 g/mol. The first kappa shape index (κ1) is 21.6. The Kier molecular flexibility index (Phi) is 8.94. The SMILES string of the molecule is CCCC(OC(=O)NCCC[Si](C)(C)C)C1=CC(=C(Br)Br)CC1=O. The van der Waals surface area contributed by atoms with E-state index in [4.69, 9.17) is 4.74 Å². The largest absolute Gasteiger partial charge is 0.441 e. The Morgan fingerprint density at radius 1 is 1.38 bits per heavy atom. The second kappa shape index (κ2) is 9.92. The lowest BCUT2D eigenvalue weighted by Crippen LogP contribution is -2.32. The molecule has 1 aliphatic rings. The minimum absolute atomic E-state index is 0.0198. The molecule has 4 nitrogen and oxygen atoms in total. The van der Waals surface area contributed by atoms with E-state index < -0.39 is 20.3 Å². The van der Waals surface area contributed by atoms with Crippen molar-refractivity contribution in [1.29, 1.82) is 0 Å². The molecule has 24 heavy (non-hydrogen) atoms. The molecule has 1 atom stereocenters. The summed E-state index contributed by atoms with van der Waals surface area (Å²) < 4.78 is 6.29. The van der Waals surface area contributed by atoms with E-state index >= 15 is 0 Å². The first-order valence-electron chi connectivity index (χ1n) is 8.37. The summed E-state index contributed by atoms with van der Waals surface area (Å²) in [6, 6.07) is 1.17. The molecule has 0 aromatic rings.